The number of hydrogen-bond acceptors (Lipinski definition) is 3. The third-order valence-corrected chi connectivity index (χ3v) is 3.27. The van der Waals surface area contributed by atoms with Crippen LogP contribution in [-0.4, -0.2) is 25.1 Å². The topological polar surface area (TPSA) is 28.2 Å². The predicted octanol–water partition coefficient (Wildman–Crippen LogP) is 3.38. The molecule has 0 amide bonds. The van der Waals surface area contributed by atoms with Crippen LogP contribution in [0.15, 0.2) is 18.3 Å². The normalized spacial score (nSPS) is 12.4. The standard InChI is InChI=1S/C15H27N3/c1-5-8-11-18(4)13-9-10-15(17-12-13)14(6-2)16-7-3/h9-10,12,14,16H,5-8,11H2,1-4H3. The van der Waals surface area contributed by atoms with E-state index in [1.807, 2.05) is 6.20 Å². The highest BCUT2D eigenvalue weighted by atomic mass is 15.1. The van der Waals surface area contributed by atoms with Gasteiger partial charge in [-0.1, -0.05) is 27.2 Å². The zero-order chi connectivity index (χ0) is 13.4. The Morgan fingerprint density at radius 1 is 1.28 bits per heavy atom. The molecule has 0 saturated carbocycles. The first kappa shape index (κ1) is 15.0. The van der Waals surface area contributed by atoms with Crippen LogP contribution >= 0.6 is 0 Å². The molecular formula is C15H27N3. The number of pyridine rings is 1. The van der Waals surface area contributed by atoms with Crippen LogP contribution in [0, 0.1) is 0 Å². The molecule has 0 bridgehead atoms. The van der Waals surface area contributed by atoms with Gasteiger partial charge in [0.2, 0.25) is 0 Å². The molecule has 0 radical (unpaired) electrons. The summed E-state index contributed by atoms with van der Waals surface area (Å²) in [6, 6.07) is 4.71. The maximum atomic E-state index is 4.59. The van der Waals surface area contributed by atoms with Crippen LogP contribution in [0.2, 0.25) is 0 Å². The molecule has 0 aliphatic carbocycles. The van der Waals surface area contributed by atoms with Gasteiger partial charge in [-0.15, -0.1) is 0 Å². The second kappa shape index (κ2) is 8.09. The minimum atomic E-state index is 0.380. The van der Waals surface area contributed by atoms with E-state index in [1.54, 1.807) is 0 Å². The fraction of sp³-hybridized carbons (Fsp3) is 0.667. The van der Waals surface area contributed by atoms with Gasteiger partial charge in [-0.25, -0.2) is 0 Å². The van der Waals surface area contributed by atoms with Crippen LogP contribution in [0.1, 0.15) is 51.8 Å². The molecule has 102 valence electrons. The van der Waals surface area contributed by atoms with Gasteiger partial charge in [0, 0.05) is 19.6 Å². The molecule has 1 aromatic heterocycles. The number of rotatable bonds is 8. The van der Waals surface area contributed by atoms with Crippen molar-refractivity contribution in [1.29, 1.82) is 0 Å². The average Bonchev–Trinajstić information content (AvgIpc) is 2.42. The molecule has 0 aliphatic heterocycles. The molecule has 0 fully saturated rings. The maximum absolute atomic E-state index is 4.59. The quantitative estimate of drug-likeness (QED) is 0.765. The number of hydrogen-bond donors (Lipinski definition) is 1. The molecule has 0 aliphatic rings. The van der Waals surface area contributed by atoms with Crippen molar-refractivity contribution in [3.05, 3.63) is 24.0 Å². The van der Waals surface area contributed by atoms with E-state index in [4.69, 9.17) is 0 Å². The number of anilines is 1. The van der Waals surface area contributed by atoms with Gasteiger partial charge < -0.3 is 10.2 Å². The number of nitrogens with one attached hydrogen (secondary N) is 1. The Bertz CT molecular complexity index is 321. The van der Waals surface area contributed by atoms with Gasteiger partial charge in [-0.3, -0.25) is 4.98 Å². The molecular weight excluding hydrogens is 222 g/mol. The zero-order valence-electron chi connectivity index (χ0n) is 12.2. The lowest BCUT2D eigenvalue weighted by Crippen LogP contribution is -2.22. The van der Waals surface area contributed by atoms with Gasteiger partial charge in [-0.2, -0.15) is 0 Å². The minimum absolute atomic E-state index is 0.380. The van der Waals surface area contributed by atoms with Crippen LogP contribution in [0.4, 0.5) is 5.69 Å². The van der Waals surface area contributed by atoms with Gasteiger partial charge >= 0.3 is 0 Å². The Morgan fingerprint density at radius 3 is 2.56 bits per heavy atom. The lowest BCUT2D eigenvalue weighted by molar-refractivity contribution is 0.525. The lowest BCUT2D eigenvalue weighted by atomic mass is 10.1. The summed E-state index contributed by atoms with van der Waals surface area (Å²) < 4.78 is 0. The first-order valence-corrected chi connectivity index (χ1v) is 7.13. The van der Waals surface area contributed by atoms with E-state index >= 15 is 0 Å². The largest absolute Gasteiger partial charge is 0.373 e. The summed E-state index contributed by atoms with van der Waals surface area (Å²) in [5.74, 6) is 0. The van der Waals surface area contributed by atoms with Crippen molar-refractivity contribution in [1.82, 2.24) is 10.3 Å². The van der Waals surface area contributed by atoms with Gasteiger partial charge in [0.1, 0.15) is 0 Å². The highest BCUT2D eigenvalue weighted by molar-refractivity contribution is 5.43. The Balaban J connectivity index is 2.66. The third kappa shape index (κ3) is 4.30. The van der Waals surface area contributed by atoms with Crippen molar-refractivity contribution in [2.24, 2.45) is 0 Å². The first-order valence-electron chi connectivity index (χ1n) is 7.13. The number of unbranched alkanes of at least 4 members (excludes halogenated alkanes) is 1. The van der Waals surface area contributed by atoms with Gasteiger partial charge in [0.05, 0.1) is 17.6 Å². The van der Waals surface area contributed by atoms with Crippen molar-refractivity contribution in [2.45, 2.75) is 46.1 Å². The summed E-state index contributed by atoms with van der Waals surface area (Å²) in [4.78, 5) is 6.87. The van der Waals surface area contributed by atoms with Crippen molar-refractivity contribution in [3.63, 3.8) is 0 Å². The second-order valence-electron chi connectivity index (χ2n) is 4.73. The Hall–Kier alpha value is -1.09. The minimum Gasteiger partial charge on any atom is -0.373 e. The molecule has 1 rings (SSSR count). The van der Waals surface area contributed by atoms with Crippen molar-refractivity contribution < 1.29 is 0 Å². The summed E-state index contributed by atoms with van der Waals surface area (Å²) in [5.41, 5.74) is 2.35. The van der Waals surface area contributed by atoms with E-state index in [2.05, 4.69) is 55.2 Å². The predicted molar refractivity (Wildman–Crippen MR) is 79.1 cm³/mol. The van der Waals surface area contributed by atoms with Gasteiger partial charge in [-0.05, 0) is 31.5 Å². The Morgan fingerprint density at radius 2 is 2.06 bits per heavy atom. The fourth-order valence-corrected chi connectivity index (χ4v) is 2.06. The molecule has 0 aromatic carbocycles. The van der Waals surface area contributed by atoms with E-state index in [1.165, 1.54) is 18.5 Å². The van der Waals surface area contributed by atoms with Crippen molar-refractivity contribution in [3.8, 4) is 0 Å². The highest BCUT2D eigenvalue weighted by Crippen LogP contribution is 2.18. The highest BCUT2D eigenvalue weighted by Gasteiger charge is 2.09. The van der Waals surface area contributed by atoms with E-state index in [-0.39, 0.29) is 0 Å². The smallest absolute Gasteiger partial charge is 0.0574 e. The van der Waals surface area contributed by atoms with Crippen LogP contribution in [0.3, 0.4) is 0 Å². The summed E-state index contributed by atoms with van der Waals surface area (Å²) in [7, 11) is 2.13. The molecule has 1 unspecified atom stereocenters. The summed E-state index contributed by atoms with van der Waals surface area (Å²) >= 11 is 0. The first-order chi connectivity index (χ1) is 8.72. The van der Waals surface area contributed by atoms with Crippen LogP contribution in [0.25, 0.3) is 0 Å². The van der Waals surface area contributed by atoms with Crippen molar-refractivity contribution in [2.75, 3.05) is 25.0 Å². The monoisotopic (exact) mass is 249 g/mol. The summed E-state index contributed by atoms with van der Waals surface area (Å²) in [6.45, 7) is 8.63. The SMILES string of the molecule is CCCCN(C)c1ccc(C(CC)NCC)nc1. The zero-order valence-corrected chi connectivity index (χ0v) is 12.2. The van der Waals surface area contributed by atoms with E-state index < -0.39 is 0 Å². The maximum Gasteiger partial charge on any atom is 0.0574 e. The number of nitrogens with zero attached hydrogens (tertiary/aromatic N) is 2. The summed E-state index contributed by atoms with van der Waals surface area (Å²) in [5, 5.41) is 3.46. The lowest BCUT2D eigenvalue weighted by Gasteiger charge is -2.20. The Kier molecular flexibility index (Phi) is 6.73. The molecule has 1 atom stereocenters. The summed E-state index contributed by atoms with van der Waals surface area (Å²) in [6.07, 6.45) is 5.53. The molecule has 0 saturated heterocycles. The molecule has 1 aromatic rings. The molecule has 1 heterocycles. The van der Waals surface area contributed by atoms with E-state index in [0.29, 0.717) is 6.04 Å². The molecule has 3 nitrogen and oxygen atoms in total. The Labute approximate surface area is 112 Å². The van der Waals surface area contributed by atoms with Crippen LogP contribution in [-0.2, 0) is 0 Å². The second-order valence-corrected chi connectivity index (χ2v) is 4.73. The van der Waals surface area contributed by atoms with Gasteiger partial charge in [0.25, 0.3) is 0 Å². The van der Waals surface area contributed by atoms with Crippen LogP contribution in [0.5, 0.6) is 0 Å². The molecule has 1 N–H and O–H groups in total. The molecule has 3 heteroatoms. The van der Waals surface area contributed by atoms with Crippen LogP contribution < -0.4 is 10.2 Å². The third-order valence-electron chi connectivity index (χ3n) is 3.27. The van der Waals surface area contributed by atoms with Crippen molar-refractivity contribution >= 4 is 5.69 Å². The molecule has 18 heavy (non-hydrogen) atoms. The number of aromatic nitrogens is 1. The molecule has 0 spiro atoms. The fourth-order valence-electron chi connectivity index (χ4n) is 2.06. The van der Waals surface area contributed by atoms with Gasteiger partial charge in [0.15, 0.2) is 0 Å². The average molecular weight is 249 g/mol. The van der Waals surface area contributed by atoms with E-state index in [9.17, 15) is 0 Å². The van der Waals surface area contributed by atoms with E-state index in [0.717, 1.165) is 25.2 Å².